The highest BCUT2D eigenvalue weighted by Gasteiger charge is 2.43. The van der Waals surface area contributed by atoms with Crippen LogP contribution in [0.3, 0.4) is 0 Å². The predicted octanol–water partition coefficient (Wildman–Crippen LogP) is 2.72. The van der Waals surface area contributed by atoms with Crippen molar-refractivity contribution in [3.8, 4) is 5.75 Å². The average molecular weight is 354 g/mol. The molecule has 2 fully saturated rings. The van der Waals surface area contributed by atoms with Gasteiger partial charge in [0.05, 0.1) is 25.4 Å². The van der Waals surface area contributed by atoms with Gasteiger partial charge in [0.2, 0.25) is 5.95 Å². The fourth-order valence-electron chi connectivity index (χ4n) is 4.09. The Hall–Kier alpha value is -2.18. The van der Waals surface area contributed by atoms with E-state index in [-0.39, 0.29) is 11.6 Å². The highest BCUT2D eigenvalue weighted by molar-refractivity contribution is 5.27. The molecule has 0 aliphatic carbocycles. The number of ether oxygens (including phenoxy) is 2. The number of nitrogens with one attached hydrogen (secondary N) is 1. The maximum atomic E-state index is 6.29. The second kappa shape index (κ2) is 7.60. The Bertz CT molecular complexity index is 710. The van der Waals surface area contributed by atoms with E-state index in [0.29, 0.717) is 12.6 Å². The summed E-state index contributed by atoms with van der Waals surface area (Å²) >= 11 is 0. The number of hydrogen-bond acceptors (Lipinski definition) is 6. The Kier molecular flexibility index (Phi) is 5.04. The van der Waals surface area contributed by atoms with Gasteiger partial charge in [-0.05, 0) is 43.1 Å². The molecule has 0 radical (unpaired) electrons. The lowest BCUT2D eigenvalue weighted by atomic mass is 9.88. The molecule has 0 unspecified atom stereocenters. The van der Waals surface area contributed by atoms with E-state index in [0.717, 1.165) is 38.2 Å². The Labute approximate surface area is 154 Å². The van der Waals surface area contributed by atoms with Crippen LogP contribution in [-0.4, -0.2) is 53.3 Å². The van der Waals surface area contributed by atoms with Crippen molar-refractivity contribution in [3.63, 3.8) is 0 Å². The highest BCUT2D eigenvalue weighted by Crippen LogP contribution is 2.36. The second-order valence-corrected chi connectivity index (χ2v) is 7.27. The summed E-state index contributed by atoms with van der Waals surface area (Å²) in [4.78, 5) is 11.0. The Balaban J connectivity index is 1.35. The quantitative estimate of drug-likeness (QED) is 0.891. The molecule has 2 aromatic rings. The number of benzene rings is 1. The normalized spacial score (nSPS) is 26.1. The summed E-state index contributed by atoms with van der Waals surface area (Å²) in [5.41, 5.74) is 1.27. The summed E-state index contributed by atoms with van der Waals surface area (Å²) in [6, 6.07) is 10.5. The van der Waals surface area contributed by atoms with Gasteiger partial charge in [0.1, 0.15) is 5.75 Å². The van der Waals surface area contributed by atoms with E-state index < -0.39 is 0 Å². The van der Waals surface area contributed by atoms with Crippen LogP contribution in [0, 0.1) is 0 Å². The monoisotopic (exact) mass is 354 g/mol. The standard InChI is InChI=1S/C20H26N4O2/c1-25-18-6-4-16(5-7-18)13-24-11-2-8-20(15-24)12-17(14-26-20)23-19-21-9-3-10-22-19/h3-7,9-10,17H,2,8,11-15H2,1H3,(H,21,22,23)/t17-,20-/m1/s1. The molecule has 26 heavy (non-hydrogen) atoms. The molecule has 1 N–H and O–H groups in total. The SMILES string of the molecule is COc1ccc(CN2CCC[C@@]3(C[C@@H](Nc4ncccn4)CO3)C2)cc1. The maximum Gasteiger partial charge on any atom is 0.222 e. The lowest BCUT2D eigenvalue weighted by molar-refractivity contribution is -0.0533. The van der Waals surface area contributed by atoms with E-state index in [4.69, 9.17) is 9.47 Å². The highest BCUT2D eigenvalue weighted by atomic mass is 16.5. The van der Waals surface area contributed by atoms with E-state index in [1.165, 1.54) is 12.0 Å². The summed E-state index contributed by atoms with van der Waals surface area (Å²) in [6.45, 7) is 3.77. The Morgan fingerprint density at radius 1 is 1.27 bits per heavy atom. The first-order chi connectivity index (χ1) is 12.7. The minimum atomic E-state index is -0.0445. The molecule has 2 saturated heterocycles. The molecule has 138 valence electrons. The van der Waals surface area contributed by atoms with Gasteiger partial charge >= 0.3 is 0 Å². The minimum absolute atomic E-state index is 0.0445. The maximum absolute atomic E-state index is 6.29. The van der Waals surface area contributed by atoms with Crippen molar-refractivity contribution < 1.29 is 9.47 Å². The molecule has 1 aromatic carbocycles. The molecule has 4 rings (SSSR count). The third kappa shape index (κ3) is 3.97. The molecule has 0 bridgehead atoms. The molecule has 0 amide bonds. The van der Waals surface area contributed by atoms with Crippen LogP contribution in [0.4, 0.5) is 5.95 Å². The van der Waals surface area contributed by atoms with Crippen LogP contribution in [0.2, 0.25) is 0 Å². The van der Waals surface area contributed by atoms with Gasteiger partial charge in [0.15, 0.2) is 0 Å². The summed E-state index contributed by atoms with van der Waals surface area (Å²) in [7, 11) is 1.70. The van der Waals surface area contributed by atoms with E-state index in [1.807, 2.05) is 18.2 Å². The summed E-state index contributed by atoms with van der Waals surface area (Å²) in [5, 5.41) is 3.41. The van der Waals surface area contributed by atoms with Gasteiger partial charge in [0, 0.05) is 31.9 Å². The molecule has 2 atom stereocenters. The van der Waals surface area contributed by atoms with Gasteiger partial charge in [-0.2, -0.15) is 0 Å². The zero-order chi connectivity index (χ0) is 17.8. The van der Waals surface area contributed by atoms with Crippen molar-refractivity contribution >= 4 is 5.95 Å². The van der Waals surface area contributed by atoms with Crippen molar-refractivity contribution in [1.29, 1.82) is 0 Å². The van der Waals surface area contributed by atoms with Gasteiger partial charge in [-0.15, -0.1) is 0 Å². The first-order valence-corrected chi connectivity index (χ1v) is 9.27. The van der Waals surface area contributed by atoms with Gasteiger partial charge in [-0.1, -0.05) is 12.1 Å². The van der Waals surface area contributed by atoms with E-state index in [1.54, 1.807) is 19.5 Å². The van der Waals surface area contributed by atoms with Gasteiger partial charge < -0.3 is 14.8 Å². The van der Waals surface area contributed by atoms with Gasteiger partial charge in [-0.25, -0.2) is 9.97 Å². The van der Waals surface area contributed by atoms with E-state index in [2.05, 4.69) is 32.3 Å². The molecular formula is C20H26N4O2. The van der Waals surface area contributed by atoms with Gasteiger partial charge in [0.25, 0.3) is 0 Å². The van der Waals surface area contributed by atoms with Crippen molar-refractivity contribution in [1.82, 2.24) is 14.9 Å². The Morgan fingerprint density at radius 2 is 2.08 bits per heavy atom. The number of aromatic nitrogens is 2. The third-order valence-corrected chi connectivity index (χ3v) is 5.29. The number of hydrogen-bond donors (Lipinski definition) is 1. The van der Waals surface area contributed by atoms with Crippen LogP contribution in [0.5, 0.6) is 5.75 Å². The molecule has 1 spiro atoms. The number of piperidine rings is 1. The summed E-state index contributed by atoms with van der Waals surface area (Å²) < 4.78 is 11.5. The number of nitrogens with zero attached hydrogens (tertiary/aromatic N) is 3. The molecule has 6 nitrogen and oxygen atoms in total. The van der Waals surface area contributed by atoms with Crippen LogP contribution in [0.1, 0.15) is 24.8 Å². The summed E-state index contributed by atoms with van der Waals surface area (Å²) in [5.74, 6) is 1.59. The van der Waals surface area contributed by atoms with Crippen molar-refractivity contribution in [2.45, 2.75) is 37.5 Å². The average Bonchev–Trinajstić information content (AvgIpc) is 3.05. The minimum Gasteiger partial charge on any atom is -0.497 e. The van der Waals surface area contributed by atoms with Crippen LogP contribution < -0.4 is 10.1 Å². The van der Waals surface area contributed by atoms with Crippen LogP contribution in [-0.2, 0) is 11.3 Å². The second-order valence-electron chi connectivity index (χ2n) is 7.27. The molecule has 0 saturated carbocycles. The largest absolute Gasteiger partial charge is 0.497 e. The predicted molar refractivity (Wildman–Crippen MR) is 100 cm³/mol. The first kappa shape index (κ1) is 17.2. The Morgan fingerprint density at radius 3 is 2.85 bits per heavy atom. The smallest absolute Gasteiger partial charge is 0.222 e. The zero-order valence-corrected chi connectivity index (χ0v) is 15.2. The van der Waals surface area contributed by atoms with Crippen molar-refractivity contribution in [2.75, 3.05) is 32.1 Å². The lowest BCUT2D eigenvalue weighted by Gasteiger charge is -2.39. The molecule has 3 heterocycles. The van der Waals surface area contributed by atoms with E-state index >= 15 is 0 Å². The van der Waals surface area contributed by atoms with Crippen LogP contribution in [0.15, 0.2) is 42.7 Å². The topological polar surface area (TPSA) is 59.5 Å². The van der Waals surface area contributed by atoms with Gasteiger partial charge in [-0.3, -0.25) is 4.90 Å². The third-order valence-electron chi connectivity index (χ3n) is 5.29. The molecular weight excluding hydrogens is 328 g/mol. The van der Waals surface area contributed by atoms with Crippen molar-refractivity contribution in [3.05, 3.63) is 48.3 Å². The molecule has 1 aromatic heterocycles. The van der Waals surface area contributed by atoms with Crippen LogP contribution >= 0.6 is 0 Å². The number of likely N-dealkylation sites (tertiary alicyclic amines) is 1. The number of methoxy groups -OCH3 is 1. The number of anilines is 1. The lowest BCUT2D eigenvalue weighted by Crippen LogP contribution is -2.47. The van der Waals surface area contributed by atoms with Crippen molar-refractivity contribution in [2.24, 2.45) is 0 Å². The summed E-state index contributed by atoms with van der Waals surface area (Å²) in [6.07, 6.45) is 6.82. The van der Waals surface area contributed by atoms with Crippen LogP contribution in [0.25, 0.3) is 0 Å². The molecule has 2 aliphatic rings. The van der Waals surface area contributed by atoms with E-state index in [9.17, 15) is 0 Å². The molecule has 6 heteroatoms. The molecule has 2 aliphatic heterocycles. The number of rotatable bonds is 5. The fourth-order valence-corrected chi connectivity index (χ4v) is 4.09. The fraction of sp³-hybridized carbons (Fsp3) is 0.500. The first-order valence-electron chi connectivity index (χ1n) is 9.27. The zero-order valence-electron chi connectivity index (χ0n) is 15.2.